The minimum atomic E-state index is -3.42. The molecule has 0 saturated carbocycles. The number of hydrogen-bond donors (Lipinski definition) is 1. The number of likely N-dealkylation sites (N-methyl/N-ethyl adjacent to an activating group) is 1. The van der Waals surface area contributed by atoms with Crippen molar-refractivity contribution in [3.05, 3.63) is 35.5 Å². The number of rotatable bonds is 7. The topological polar surface area (TPSA) is 94.3 Å². The predicted octanol–water partition coefficient (Wildman–Crippen LogP) is 1.37. The molecule has 0 aromatic carbocycles. The summed E-state index contributed by atoms with van der Waals surface area (Å²) >= 11 is 1.23. The number of halogens is 1. The SMILES string of the molecule is CN=C(NCCN(C)S(=O)(=O)c1cccs1)N1CCN(Cc2ccon2)CC1.I. The van der Waals surface area contributed by atoms with E-state index in [9.17, 15) is 8.42 Å². The van der Waals surface area contributed by atoms with Crippen molar-refractivity contribution in [1.29, 1.82) is 0 Å². The molecule has 0 atom stereocenters. The van der Waals surface area contributed by atoms with E-state index in [2.05, 4.69) is 25.3 Å². The molecule has 0 spiro atoms. The van der Waals surface area contributed by atoms with Gasteiger partial charge in [-0.2, -0.15) is 4.31 Å². The number of hydrogen-bond acceptors (Lipinski definition) is 7. The molecule has 1 saturated heterocycles. The normalized spacial score (nSPS) is 16.1. The fraction of sp³-hybridized carbons (Fsp3) is 0.529. The summed E-state index contributed by atoms with van der Waals surface area (Å²) in [5, 5.41) is 9.00. The second-order valence-corrected chi connectivity index (χ2v) is 9.71. The molecule has 1 aliphatic rings. The van der Waals surface area contributed by atoms with Gasteiger partial charge in [0.25, 0.3) is 10.0 Å². The van der Waals surface area contributed by atoms with Gasteiger partial charge in [0.15, 0.2) is 5.96 Å². The van der Waals surface area contributed by atoms with Gasteiger partial charge in [-0.25, -0.2) is 8.42 Å². The lowest BCUT2D eigenvalue weighted by atomic mass is 10.3. The highest BCUT2D eigenvalue weighted by Crippen LogP contribution is 2.19. The summed E-state index contributed by atoms with van der Waals surface area (Å²) in [5.74, 6) is 0.794. The van der Waals surface area contributed by atoms with Crippen LogP contribution in [0.25, 0.3) is 0 Å². The minimum absolute atomic E-state index is 0. The van der Waals surface area contributed by atoms with Crippen molar-refractivity contribution in [3.8, 4) is 0 Å². The minimum Gasteiger partial charge on any atom is -0.364 e. The van der Waals surface area contributed by atoms with Crippen LogP contribution in [0.5, 0.6) is 0 Å². The highest BCUT2D eigenvalue weighted by molar-refractivity contribution is 14.0. The van der Waals surface area contributed by atoms with Crippen LogP contribution in [0, 0.1) is 0 Å². The molecule has 3 rings (SSSR count). The molecule has 12 heteroatoms. The maximum absolute atomic E-state index is 12.5. The Morgan fingerprint density at radius 1 is 1.34 bits per heavy atom. The Morgan fingerprint density at radius 2 is 2.10 bits per heavy atom. The Kier molecular flexibility index (Phi) is 9.33. The molecule has 0 aliphatic carbocycles. The zero-order valence-corrected chi connectivity index (χ0v) is 20.5. The third kappa shape index (κ3) is 6.38. The van der Waals surface area contributed by atoms with Crippen LogP contribution in [0.15, 0.2) is 43.6 Å². The lowest BCUT2D eigenvalue weighted by molar-refractivity contribution is 0.169. The molecule has 3 heterocycles. The van der Waals surface area contributed by atoms with Gasteiger partial charge in [-0.15, -0.1) is 35.3 Å². The van der Waals surface area contributed by atoms with Crippen molar-refractivity contribution in [3.63, 3.8) is 0 Å². The highest BCUT2D eigenvalue weighted by atomic mass is 127. The van der Waals surface area contributed by atoms with Crippen LogP contribution < -0.4 is 5.32 Å². The molecule has 9 nitrogen and oxygen atoms in total. The Bertz CT molecular complexity index is 850. The first-order chi connectivity index (χ1) is 13.5. The van der Waals surface area contributed by atoms with Crippen molar-refractivity contribution in [1.82, 2.24) is 24.6 Å². The van der Waals surface area contributed by atoms with E-state index < -0.39 is 10.0 Å². The Balaban J connectivity index is 0.00000300. The largest absolute Gasteiger partial charge is 0.364 e. The van der Waals surface area contributed by atoms with Crippen LogP contribution in [0.3, 0.4) is 0 Å². The summed E-state index contributed by atoms with van der Waals surface area (Å²) in [4.78, 5) is 8.85. The molecule has 1 fully saturated rings. The summed E-state index contributed by atoms with van der Waals surface area (Å²) in [6.45, 7) is 5.14. The first-order valence-electron chi connectivity index (χ1n) is 9.08. The van der Waals surface area contributed by atoms with Gasteiger partial charge < -0.3 is 14.7 Å². The summed E-state index contributed by atoms with van der Waals surface area (Å²) in [6, 6.07) is 5.25. The van der Waals surface area contributed by atoms with Crippen LogP contribution in [-0.4, -0.2) is 87.0 Å². The van der Waals surface area contributed by atoms with Crippen LogP contribution in [0.2, 0.25) is 0 Å². The number of guanidine groups is 1. The van der Waals surface area contributed by atoms with Crippen LogP contribution in [0.1, 0.15) is 5.69 Å². The lowest BCUT2D eigenvalue weighted by Crippen LogP contribution is -2.53. The standard InChI is InChI=1S/C17H26N6O3S2.HI/c1-18-17(19-6-7-21(2)28(24,25)16-4-3-13-27-16)23-10-8-22(9-11-23)14-15-5-12-26-20-15;/h3-5,12-13H,6-11,14H2,1-2H3,(H,18,19);1H. The fourth-order valence-corrected chi connectivity index (χ4v) is 5.38. The monoisotopic (exact) mass is 554 g/mol. The van der Waals surface area contributed by atoms with Gasteiger partial charge in [0.2, 0.25) is 0 Å². The number of aromatic nitrogens is 1. The van der Waals surface area contributed by atoms with E-state index in [0.717, 1.165) is 44.4 Å². The van der Waals surface area contributed by atoms with Crippen LogP contribution in [-0.2, 0) is 16.6 Å². The average molecular weight is 554 g/mol. The van der Waals surface area contributed by atoms with Gasteiger partial charge in [0, 0.05) is 66.0 Å². The lowest BCUT2D eigenvalue weighted by Gasteiger charge is -2.36. The summed E-state index contributed by atoms with van der Waals surface area (Å²) in [7, 11) is -0.0737. The molecule has 2 aromatic rings. The van der Waals surface area contributed by atoms with E-state index in [-0.39, 0.29) is 24.0 Å². The molecule has 1 aliphatic heterocycles. The molecule has 0 unspecified atom stereocenters. The number of thiophene rings is 1. The Labute approximate surface area is 192 Å². The molecular formula is C17H27IN6O3S2. The van der Waals surface area contributed by atoms with Crippen LogP contribution >= 0.6 is 35.3 Å². The second-order valence-electron chi connectivity index (χ2n) is 6.49. The Morgan fingerprint density at radius 3 is 2.69 bits per heavy atom. The van der Waals surface area contributed by atoms with E-state index in [1.165, 1.54) is 15.6 Å². The van der Waals surface area contributed by atoms with E-state index in [1.54, 1.807) is 37.9 Å². The molecule has 0 amide bonds. The molecular weight excluding hydrogens is 527 g/mol. The van der Waals surface area contributed by atoms with Gasteiger partial charge in [0.1, 0.15) is 10.5 Å². The number of aliphatic imine (C=N–C) groups is 1. The van der Waals surface area contributed by atoms with E-state index in [0.29, 0.717) is 17.3 Å². The van der Waals surface area contributed by atoms with E-state index in [1.807, 2.05) is 6.07 Å². The van der Waals surface area contributed by atoms with E-state index >= 15 is 0 Å². The van der Waals surface area contributed by atoms with Crippen LogP contribution in [0.4, 0.5) is 0 Å². The first-order valence-corrected chi connectivity index (χ1v) is 11.4. The van der Waals surface area contributed by atoms with Gasteiger partial charge >= 0.3 is 0 Å². The third-order valence-corrected chi connectivity index (χ3v) is 7.86. The summed E-state index contributed by atoms with van der Waals surface area (Å²) < 4.78 is 31.5. The zero-order chi connectivity index (χ0) is 20.0. The molecule has 162 valence electrons. The summed E-state index contributed by atoms with van der Waals surface area (Å²) in [5.41, 5.74) is 0.936. The van der Waals surface area contributed by atoms with Crippen molar-refractivity contribution in [2.45, 2.75) is 10.8 Å². The molecule has 2 aromatic heterocycles. The van der Waals surface area contributed by atoms with Gasteiger partial charge in [-0.1, -0.05) is 11.2 Å². The van der Waals surface area contributed by atoms with E-state index in [4.69, 9.17) is 4.52 Å². The molecule has 0 radical (unpaired) electrons. The van der Waals surface area contributed by atoms with Crippen molar-refractivity contribution in [2.75, 3.05) is 53.4 Å². The van der Waals surface area contributed by atoms with Gasteiger partial charge in [0.05, 0.1) is 5.69 Å². The second kappa shape index (κ2) is 11.2. The van der Waals surface area contributed by atoms with Gasteiger partial charge in [-0.05, 0) is 11.4 Å². The highest BCUT2D eigenvalue weighted by Gasteiger charge is 2.23. The Hall–Kier alpha value is -1.22. The quantitative estimate of drug-likeness (QED) is 0.314. The molecule has 1 N–H and O–H groups in total. The number of piperazine rings is 1. The number of nitrogens with zero attached hydrogens (tertiary/aromatic N) is 5. The number of nitrogens with one attached hydrogen (secondary N) is 1. The smallest absolute Gasteiger partial charge is 0.252 e. The van der Waals surface area contributed by atoms with Gasteiger partial charge in [-0.3, -0.25) is 9.89 Å². The average Bonchev–Trinajstić information content (AvgIpc) is 3.40. The maximum Gasteiger partial charge on any atom is 0.252 e. The fourth-order valence-electron chi connectivity index (χ4n) is 3.01. The van der Waals surface area contributed by atoms with Crippen molar-refractivity contribution >= 4 is 51.3 Å². The summed E-state index contributed by atoms with van der Waals surface area (Å²) in [6.07, 6.45) is 1.59. The number of sulfonamides is 1. The molecule has 0 bridgehead atoms. The first kappa shape index (κ1) is 24.1. The molecule has 29 heavy (non-hydrogen) atoms. The third-order valence-electron chi connectivity index (χ3n) is 4.63. The predicted molar refractivity (Wildman–Crippen MR) is 124 cm³/mol. The van der Waals surface area contributed by atoms with Crippen molar-refractivity contribution < 1.29 is 12.9 Å². The maximum atomic E-state index is 12.5. The zero-order valence-electron chi connectivity index (χ0n) is 16.5. The van der Waals surface area contributed by atoms with Crippen molar-refractivity contribution in [2.24, 2.45) is 4.99 Å².